The lowest BCUT2D eigenvalue weighted by molar-refractivity contribution is -0.138. The van der Waals surface area contributed by atoms with E-state index in [4.69, 9.17) is 16.3 Å². The van der Waals surface area contributed by atoms with Gasteiger partial charge in [0.15, 0.2) is 0 Å². The first-order chi connectivity index (χ1) is 8.04. The van der Waals surface area contributed by atoms with Crippen LogP contribution in [0.15, 0.2) is 30.4 Å². The van der Waals surface area contributed by atoms with Crippen molar-refractivity contribution in [1.29, 1.82) is 0 Å². The van der Waals surface area contributed by atoms with E-state index >= 15 is 0 Å². The van der Waals surface area contributed by atoms with Gasteiger partial charge in [-0.3, -0.25) is 0 Å². The molecular weight excluding hydrogens is 245 g/mol. The largest absolute Gasteiger partial charge is 0.463 e. The molecule has 1 rings (SSSR count). The SMILES string of the molecule is C=C(CNc1cc(Cl)ccc1F)C(=O)OCC. The number of carbonyl (C=O) groups excluding carboxylic acids is 1. The molecule has 1 aromatic rings. The summed E-state index contributed by atoms with van der Waals surface area (Å²) in [6.45, 7) is 5.64. The second-order valence-corrected chi connectivity index (χ2v) is 3.74. The molecule has 0 aliphatic carbocycles. The van der Waals surface area contributed by atoms with Crippen molar-refractivity contribution in [2.75, 3.05) is 18.5 Å². The Morgan fingerprint density at radius 3 is 2.94 bits per heavy atom. The summed E-state index contributed by atoms with van der Waals surface area (Å²) in [6.07, 6.45) is 0. The Balaban J connectivity index is 2.58. The third-order valence-electron chi connectivity index (χ3n) is 1.98. The van der Waals surface area contributed by atoms with Crippen LogP contribution in [0.2, 0.25) is 5.02 Å². The van der Waals surface area contributed by atoms with Crippen molar-refractivity contribution in [3.63, 3.8) is 0 Å². The lowest BCUT2D eigenvalue weighted by Gasteiger charge is -2.09. The lowest BCUT2D eigenvalue weighted by atomic mass is 10.2. The average Bonchev–Trinajstić information content (AvgIpc) is 2.30. The van der Waals surface area contributed by atoms with Gasteiger partial charge in [-0.15, -0.1) is 0 Å². The van der Waals surface area contributed by atoms with Crippen molar-refractivity contribution in [3.8, 4) is 0 Å². The van der Waals surface area contributed by atoms with Crippen LogP contribution in [0.3, 0.4) is 0 Å². The van der Waals surface area contributed by atoms with E-state index in [2.05, 4.69) is 11.9 Å². The summed E-state index contributed by atoms with van der Waals surface area (Å²) in [6, 6.07) is 4.13. The summed E-state index contributed by atoms with van der Waals surface area (Å²) in [5, 5.41) is 3.15. The Morgan fingerprint density at radius 1 is 1.59 bits per heavy atom. The molecule has 0 heterocycles. The van der Waals surface area contributed by atoms with Gasteiger partial charge in [0, 0.05) is 17.1 Å². The van der Waals surface area contributed by atoms with Crippen LogP contribution in [0.4, 0.5) is 10.1 Å². The Morgan fingerprint density at radius 2 is 2.29 bits per heavy atom. The van der Waals surface area contributed by atoms with Crippen LogP contribution in [0, 0.1) is 5.82 Å². The minimum atomic E-state index is -0.498. The fraction of sp³-hybridized carbons (Fsp3) is 0.250. The molecule has 0 atom stereocenters. The molecule has 0 unspecified atom stereocenters. The number of anilines is 1. The van der Waals surface area contributed by atoms with Crippen molar-refractivity contribution in [3.05, 3.63) is 41.2 Å². The molecule has 0 aromatic heterocycles. The number of benzene rings is 1. The van der Waals surface area contributed by atoms with Crippen molar-refractivity contribution < 1.29 is 13.9 Å². The zero-order valence-electron chi connectivity index (χ0n) is 9.43. The van der Waals surface area contributed by atoms with Gasteiger partial charge in [-0.05, 0) is 25.1 Å². The number of esters is 1. The van der Waals surface area contributed by atoms with E-state index in [1.807, 2.05) is 0 Å². The van der Waals surface area contributed by atoms with Crippen LogP contribution in [-0.4, -0.2) is 19.1 Å². The maximum atomic E-state index is 13.3. The Bertz CT molecular complexity index is 435. The minimum absolute atomic E-state index is 0.107. The lowest BCUT2D eigenvalue weighted by Crippen LogP contribution is -2.15. The monoisotopic (exact) mass is 257 g/mol. The molecule has 0 fully saturated rings. The van der Waals surface area contributed by atoms with E-state index in [1.165, 1.54) is 18.2 Å². The Labute approximate surface area is 104 Å². The van der Waals surface area contributed by atoms with Gasteiger partial charge in [-0.2, -0.15) is 0 Å². The third kappa shape index (κ3) is 4.07. The molecule has 0 radical (unpaired) electrons. The molecule has 0 aliphatic heterocycles. The summed E-state index contributed by atoms with van der Waals surface area (Å²) < 4.78 is 18.0. The van der Waals surface area contributed by atoms with E-state index in [1.54, 1.807) is 6.92 Å². The van der Waals surface area contributed by atoms with Gasteiger partial charge >= 0.3 is 5.97 Å². The van der Waals surface area contributed by atoms with Gasteiger partial charge in [-0.25, -0.2) is 9.18 Å². The summed E-state index contributed by atoms with van der Waals surface area (Å²) in [7, 11) is 0. The predicted molar refractivity (Wildman–Crippen MR) is 65.7 cm³/mol. The molecule has 92 valence electrons. The fourth-order valence-corrected chi connectivity index (χ4v) is 1.31. The molecule has 5 heteroatoms. The number of halogens is 2. The highest BCUT2D eigenvalue weighted by Crippen LogP contribution is 2.19. The van der Waals surface area contributed by atoms with E-state index < -0.39 is 11.8 Å². The topological polar surface area (TPSA) is 38.3 Å². The van der Waals surface area contributed by atoms with Crippen molar-refractivity contribution >= 4 is 23.3 Å². The molecule has 0 amide bonds. The quantitative estimate of drug-likeness (QED) is 0.651. The van der Waals surface area contributed by atoms with Crippen molar-refractivity contribution in [2.45, 2.75) is 6.92 Å². The molecule has 0 saturated heterocycles. The summed E-state index contributed by atoms with van der Waals surface area (Å²) in [5.41, 5.74) is 0.453. The third-order valence-corrected chi connectivity index (χ3v) is 2.22. The summed E-state index contributed by atoms with van der Waals surface area (Å²) >= 11 is 5.72. The second-order valence-electron chi connectivity index (χ2n) is 3.30. The molecular formula is C12H13ClFNO2. The maximum absolute atomic E-state index is 13.3. The standard InChI is InChI=1S/C12H13ClFNO2/c1-3-17-12(16)8(2)7-15-11-6-9(13)4-5-10(11)14/h4-6,15H,2-3,7H2,1H3. The minimum Gasteiger partial charge on any atom is -0.463 e. The van der Waals surface area contributed by atoms with Crippen LogP contribution >= 0.6 is 11.6 Å². The van der Waals surface area contributed by atoms with Gasteiger partial charge in [0.05, 0.1) is 12.3 Å². The highest BCUT2D eigenvalue weighted by molar-refractivity contribution is 6.30. The van der Waals surface area contributed by atoms with Gasteiger partial charge < -0.3 is 10.1 Å². The highest BCUT2D eigenvalue weighted by Gasteiger charge is 2.09. The normalized spacial score (nSPS) is 9.82. The average molecular weight is 258 g/mol. The van der Waals surface area contributed by atoms with Gasteiger partial charge in [0.25, 0.3) is 0 Å². The Kier molecular flexibility index (Phi) is 4.97. The van der Waals surface area contributed by atoms with Crippen LogP contribution in [0.25, 0.3) is 0 Å². The number of hydrogen-bond acceptors (Lipinski definition) is 3. The number of carbonyl (C=O) groups is 1. The van der Waals surface area contributed by atoms with Gasteiger partial charge in [0.2, 0.25) is 0 Å². The van der Waals surface area contributed by atoms with E-state index in [0.29, 0.717) is 5.02 Å². The second kappa shape index (κ2) is 6.25. The first kappa shape index (κ1) is 13.5. The van der Waals surface area contributed by atoms with Crippen LogP contribution in [-0.2, 0) is 9.53 Å². The molecule has 17 heavy (non-hydrogen) atoms. The van der Waals surface area contributed by atoms with Gasteiger partial charge in [-0.1, -0.05) is 18.2 Å². The first-order valence-corrected chi connectivity index (χ1v) is 5.46. The predicted octanol–water partition coefficient (Wildman–Crippen LogP) is 3.01. The number of nitrogens with one attached hydrogen (secondary N) is 1. The molecule has 0 spiro atoms. The molecule has 1 N–H and O–H groups in total. The number of rotatable bonds is 5. The number of hydrogen-bond donors (Lipinski definition) is 1. The van der Waals surface area contributed by atoms with Crippen molar-refractivity contribution in [2.24, 2.45) is 0 Å². The molecule has 0 saturated carbocycles. The fourth-order valence-electron chi connectivity index (χ4n) is 1.14. The summed E-state index contributed by atoms with van der Waals surface area (Å²) in [5.74, 6) is -0.937. The zero-order valence-corrected chi connectivity index (χ0v) is 10.2. The molecule has 3 nitrogen and oxygen atoms in total. The van der Waals surface area contributed by atoms with E-state index in [9.17, 15) is 9.18 Å². The van der Waals surface area contributed by atoms with E-state index in [0.717, 1.165) is 0 Å². The molecule has 0 aliphatic rings. The van der Waals surface area contributed by atoms with Gasteiger partial charge in [0.1, 0.15) is 5.82 Å². The number of ether oxygens (including phenoxy) is 1. The van der Waals surface area contributed by atoms with Crippen LogP contribution in [0.5, 0.6) is 0 Å². The molecule has 0 bridgehead atoms. The van der Waals surface area contributed by atoms with Crippen LogP contribution < -0.4 is 5.32 Å². The smallest absolute Gasteiger partial charge is 0.335 e. The van der Waals surface area contributed by atoms with Crippen LogP contribution in [0.1, 0.15) is 6.92 Å². The van der Waals surface area contributed by atoms with E-state index in [-0.39, 0.29) is 24.4 Å². The maximum Gasteiger partial charge on any atom is 0.335 e. The summed E-state index contributed by atoms with van der Waals surface area (Å²) in [4.78, 5) is 11.2. The zero-order chi connectivity index (χ0) is 12.8. The Hall–Kier alpha value is -1.55. The van der Waals surface area contributed by atoms with Crippen molar-refractivity contribution in [1.82, 2.24) is 0 Å². The molecule has 1 aromatic carbocycles. The highest BCUT2D eigenvalue weighted by atomic mass is 35.5. The first-order valence-electron chi connectivity index (χ1n) is 5.08.